The summed E-state index contributed by atoms with van der Waals surface area (Å²) in [7, 11) is -4.34. The topological polar surface area (TPSA) is 107 Å². The van der Waals surface area contributed by atoms with Gasteiger partial charge in [-0.1, -0.05) is 176 Å². The minimum absolute atomic E-state index is 0.0142. The highest BCUT2D eigenvalue weighted by Crippen LogP contribution is 2.45. The van der Waals surface area contributed by atoms with Crippen LogP contribution in [0.3, 0.4) is 0 Å². The van der Waals surface area contributed by atoms with Crippen molar-refractivity contribution in [3.63, 3.8) is 0 Å². The number of para-hydroxylation sites is 1. The molecule has 1 aliphatic carbocycles. The second kappa shape index (κ2) is 23.3. The number of hydrogen-bond acceptors (Lipinski definition) is 9. The SMILES string of the molecule is CCCc1ccc2cc(-c3ccc(-c4ccc(C(=O)Oc5c(/C=N/N(c6nc7ccccc7s6)S(=O)(=O)c6ccc(C)cc6)c(Cl)c(OCCCCCCOCC6(C)CCC6)c6ccccc56)cc4)c(Cl)c3)ccc2c1. The van der Waals surface area contributed by atoms with E-state index in [1.165, 1.54) is 65.3 Å². The number of halogens is 2. The van der Waals surface area contributed by atoms with Gasteiger partial charge in [-0.2, -0.15) is 13.5 Å². The van der Waals surface area contributed by atoms with Gasteiger partial charge in [0.1, 0.15) is 11.5 Å². The second-order valence-electron chi connectivity index (χ2n) is 20.0. The van der Waals surface area contributed by atoms with Crippen LogP contribution in [0.5, 0.6) is 11.5 Å². The maximum atomic E-state index is 14.6. The first-order valence-electron chi connectivity index (χ1n) is 26.0. The summed E-state index contributed by atoms with van der Waals surface area (Å²) in [4.78, 5) is 19.1. The average molecular weight is 1090 g/mol. The van der Waals surface area contributed by atoms with Crippen LogP contribution in [0.25, 0.3) is 54.0 Å². The highest BCUT2D eigenvalue weighted by atomic mass is 35.5. The summed E-state index contributed by atoms with van der Waals surface area (Å²) in [5.41, 5.74) is 7.26. The van der Waals surface area contributed by atoms with E-state index in [-0.39, 0.29) is 31.9 Å². The number of aryl methyl sites for hydroxylation is 2. The molecular formula is C63H59Cl2N3O6S2. The lowest BCUT2D eigenvalue weighted by Gasteiger charge is -2.37. The Morgan fingerprint density at radius 3 is 2.16 bits per heavy atom. The number of carbonyl (C=O) groups is 1. The number of sulfonamides is 1. The first-order valence-corrected chi connectivity index (χ1v) is 29.0. The monoisotopic (exact) mass is 1090 g/mol. The number of rotatable bonds is 21. The van der Waals surface area contributed by atoms with Crippen LogP contribution in [-0.4, -0.2) is 45.4 Å². The van der Waals surface area contributed by atoms with Crippen LogP contribution in [0.1, 0.15) is 92.3 Å². The number of unbranched alkanes of at least 4 members (excludes halogenated alkanes) is 3. The number of aromatic nitrogens is 1. The number of benzene rings is 8. The fourth-order valence-electron chi connectivity index (χ4n) is 9.67. The minimum atomic E-state index is -4.34. The Morgan fingerprint density at radius 1 is 0.763 bits per heavy atom. The van der Waals surface area contributed by atoms with Gasteiger partial charge in [0.25, 0.3) is 10.0 Å². The van der Waals surface area contributed by atoms with E-state index >= 15 is 0 Å². The fraction of sp³-hybridized carbons (Fsp3) is 0.254. The molecule has 1 aliphatic rings. The third-order valence-corrected chi connectivity index (χ3v) is 17.6. The molecule has 76 heavy (non-hydrogen) atoms. The van der Waals surface area contributed by atoms with E-state index in [1.54, 1.807) is 24.3 Å². The molecule has 1 fully saturated rings. The Kier molecular flexibility index (Phi) is 16.2. The van der Waals surface area contributed by atoms with Crippen LogP contribution in [0.15, 0.2) is 162 Å². The number of anilines is 1. The van der Waals surface area contributed by atoms with Crippen molar-refractivity contribution in [2.45, 2.75) is 83.5 Å². The Labute approximate surface area is 459 Å². The van der Waals surface area contributed by atoms with E-state index in [9.17, 15) is 13.2 Å². The van der Waals surface area contributed by atoms with Gasteiger partial charge in [-0.25, -0.2) is 9.78 Å². The number of ether oxygens (including phenoxy) is 3. The minimum Gasteiger partial charge on any atom is -0.491 e. The zero-order chi connectivity index (χ0) is 52.8. The van der Waals surface area contributed by atoms with E-state index < -0.39 is 16.0 Å². The summed E-state index contributed by atoms with van der Waals surface area (Å²) in [5.74, 6) is -0.235. The van der Waals surface area contributed by atoms with Crippen LogP contribution >= 0.6 is 34.5 Å². The maximum absolute atomic E-state index is 14.6. The molecule has 0 radical (unpaired) electrons. The standard InChI is InChI=1S/C63H59Cl2N3O6S2/c1-4-14-43-21-22-47-38-48(28-27-46(47)37-43)49-29-32-51(55(64)39-49)44-23-25-45(26-24-44)61(69)74-59-52-15-7-8-16-53(52)60(73-36-12-6-5-11-35-72-41-63(3)33-13-34-63)58(65)54(59)40-66-68(62-67-56-17-9-10-18-57(56)75-62)76(70,71)50-30-19-42(2)20-31-50/h7-10,15-32,37-40H,4-6,11-14,33-36,41H2,1-3H3/b66-40+. The van der Waals surface area contributed by atoms with Crippen molar-refractivity contribution in [2.24, 2.45) is 10.5 Å². The molecule has 1 aromatic heterocycles. The summed E-state index contributed by atoms with van der Waals surface area (Å²) in [5, 5.41) is 8.94. The van der Waals surface area contributed by atoms with Crippen molar-refractivity contribution in [2.75, 3.05) is 24.2 Å². The summed E-state index contributed by atoms with van der Waals surface area (Å²) in [6.45, 7) is 8.29. The number of nitrogens with zero attached hydrogens (tertiary/aromatic N) is 3. The van der Waals surface area contributed by atoms with Crippen LogP contribution in [0.2, 0.25) is 10.0 Å². The van der Waals surface area contributed by atoms with Gasteiger partial charge in [0.15, 0.2) is 0 Å². The maximum Gasteiger partial charge on any atom is 0.343 e. The first kappa shape index (κ1) is 52.8. The van der Waals surface area contributed by atoms with Gasteiger partial charge in [0.2, 0.25) is 5.13 Å². The molecule has 1 heterocycles. The molecule has 0 aliphatic heterocycles. The van der Waals surface area contributed by atoms with E-state index in [1.807, 2.05) is 79.7 Å². The summed E-state index contributed by atoms with van der Waals surface area (Å²) in [6.07, 6.45) is 10.9. The number of esters is 1. The van der Waals surface area contributed by atoms with Crippen LogP contribution in [0, 0.1) is 12.3 Å². The van der Waals surface area contributed by atoms with Gasteiger partial charge in [0, 0.05) is 28.0 Å². The zero-order valence-electron chi connectivity index (χ0n) is 42.9. The first-order chi connectivity index (χ1) is 36.9. The van der Waals surface area contributed by atoms with Gasteiger partial charge in [0.05, 0.1) is 50.7 Å². The van der Waals surface area contributed by atoms with E-state index in [0.717, 1.165) is 88.7 Å². The molecule has 0 bridgehead atoms. The molecule has 1 saturated carbocycles. The van der Waals surface area contributed by atoms with Gasteiger partial charge in [-0.15, -0.1) is 4.41 Å². The second-order valence-corrected chi connectivity index (χ2v) is 23.6. The number of hydrogen-bond donors (Lipinski definition) is 0. The Morgan fingerprint density at radius 2 is 1.43 bits per heavy atom. The quantitative estimate of drug-likeness (QED) is 0.0232. The smallest absolute Gasteiger partial charge is 0.343 e. The number of carbonyl (C=O) groups excluding carboxylic acids is 1. The molecule has 0 amide bonds. The molecule has 0 atom stereocenters. The molecule has 10 rings (SSSR count). The largest absolute Gasteiger partial charge is 0.491 e. The highest BCUT2D eigenvalue weighted by molar-refractivity contribution is 7.93. The van der Waals surface area contributed by atoms with Crippen molar-refractivity contribution in [1.82, 2.24) is 4.98 Å². The normalized spacial score (nSPS) is 13.4. The highest BCUT2D eigenvalue weighted by Gasteiger charge is 2.32. The number of hydrazone groups is 1. The molecule has 0 N–H and O–H groups in total. The van der Waals surface area contributed by atoms with E-state index in [0.29, 0.717) is 39.1 Å². The Hall–Kier alpha value is -6.60. The van der Waals surface area contributed by atoms with Crippen molar-refractivity contribution < 1.29 is 27.4 Å². The molecule has 9 aromatic rings. The van der Waals surface area contributed by atoms with Crippen molar-refractivity contribution in [3.8, 4) is 33.8 Å². The molecule has 13 heteroatoms. The molecule has 0 saturated heterocycles. The molecule has 9 nitrogen and oxygen atoms in total. The van der Waals surface area contributed by atoms with Gasteiger partial charge in [-0.3, -0.25) is 0 Å². The Balaban J connectivity index is 0.945. The van der Waals surface area contributed by atoms with E-state index in [4.69, 9.17) is 42.4 Å². The van der Waals surface area contributed by atoms with Crippen molar-refractivity contribution in [1.29, 1.82) is 0 Å². The van der Waals surface area contributed by atoms with Crippen LogP contribution in [0.4, 0.5) is 5.13 Å². The summed E-state index contributed by atoms with van der Waals surface area (Å²) in [6, 6.07) is 47.4. The van der Waals surface area contributed by atoms with Crippen LogP contribution in [-0.2, 0) is 21.2 Å². The summed E-state index contributed by atoms with van der Waals surface area (Å²) >= 11 is 15.6. The lowest BCUT2D eigenvalue weighted by atomic mass is 9.71. The Bertz CT molecular complexity index is 3670. The molecule has 8 aromatic carbocycles. The predicted octanol–water partition coefficient (Wildman–Crippen LogP) is 17.1. The fourth-order valence-corrected chi connectivity index (χ4v) is 12.6. The van der Waals surface area contributed by atoms with Crippen molar-refractivity contribution in [3.05, 3.63) is 184 Å². The molecular weight excluding hydrogens is 1030 g/mol. The average Bonchev–Trinajstić information content (AvgIpc) is 3.86. The molecule has 388 valence electrons. The zero-order valence-corrected chi connectivity index (χ0v) is 46.0. The summed E-state index contributed by atoms with van der Waals surface area (Å²) < 4.78 is 49.8. The number of fused-ring (bicyclic) bond motifs is 3. The third kappa shape index (κ3) is 11.7. The lowest BCUT2D eigenvalue weighted by molar-refractivity contribution is 0.00542. The van der Waals surface area contributed by atoms with Crippen LogP contribution < -0.4 is 13.9 Å². The van der Waals surface area contributed by atoms with Crippen molar-refractivity contribution >= 4 is 93.6 Å². The molecule has 0 unspecified atom stereocenters. The number of thiazole rings is 1. The van der Waals surface area contributed by atoms with Gasteiger partial charge in [-0.05, 0) is 132 Å². The van der Waals surface area contributed by atoms with E-state index in [2.05, 4.69) is 61.4 Å². The van der Waals surface area contributed by atoms with Gasteiger partial charge >= 0.3 is 5.97 Å². The van der Waals surface area contributed by atoms with Gasteiger partial charge < -0.3 is 14.2 Å². The third-order valence-electron chi connectivity index (χ3n) is 14.2. The predicted molar refractivity (Wildman–Crippen MR) is 313 cm³/mol. The lowest BCUT2D eigenvalue weighted by Crippen LogP contribution is -2.31. The molecule has 0 spiro atoms.